The minimum absolute atomic E-state index is 0.118. The van der Waals surface area contributed by atoms with E-state index in [2.05, 4.69) is 15.2 Å². The first kappa shape index (κ1) is 21.2. The van der Waals surface area contributed by atoms with Crippen molar-refractivity contribution >= 4 is 33.9 Å². The van der Waals surface area contributed by atoms with Crippen molar-refractivity contribution in [3.63, 3.8) is 0 Å². The number of pyridine rings is 1. The molecule has 3 aromatic rings. The zero-order valence-electron chi connectivity index (χ0n) is 17.3. The Bertz CT molecular complexity index is 1170. The number of ether oxygens (including phenoxy) is 3. The SMILES string of the molecule is COc1cc(C2/C(=C(\O)c3cccnc3)C(=O)C(=O)N2c2nncs2)cc(OC)c1OC. The molecule has 0 spiro atoms. The highest BCUT2D eigenvalue weighted by molar-refractivity contribution is 7.13. The molecule has 1 saturated heterocycles. The number of hydrogen-bond acceptors (Lipinski definition) is 10. The number of rotatable bonds is 6. The zero-order valence-corrected chi connectivity index (χ0v) is 18.1. The van der Waals surface area contributed by atoms with Gasteiger partial charge >= 0.3 is 5.91 Å². The molecule has 164 valence electrons. The van der Waals surface area contributed by atoms with Crippen LogP contribution in [-0.2, 0) is 9.59 Å². The van der Waals surface area contributed by atoms with Gasteiger partial charge < -0.3 is 19.3 Å². The van der Waals surface area contributed by atoms with Crippen LogP contribution in [0, 0.1) is 0 Å². The molecule has 11 heteroatoms. The Morgan fingerprint density at radius 2 is 1.84 bits per heavy atom. The van der Waals surface area contributed by atoms with E-state index >= 15 is 0 Å². The molecule has 4 rings (SSSR count). The van der Waals surface area contributed by atoms with Crippen LogP contribution in [0.4, 0.5) is 5.13 Å². The van der Waals surface area contributed by atoms with Crippen LogP contribution in [0.2, 0.25) is 0 Å². The Morgan fingerprint density at radius 1 is 1.12 bits per heavy atom. The quantitative estimate of drug-likeness (QED) is 0.340. The summed E-state index contributed by atoms with van der Waals surface area (Å²) in [4.78, 5) is 31.3. The van der Waals surface area contributed by atoms with Crippen LogP contribution in [0.15, 0.2) is 47.7 Å². The molecule has 1 aliphatic heterocycles. The van der Waals surface area contributed by atoms with Gasteiger partial charge in [-0.2, -0.15) is 0 Å². The third-order valence-corrected chi connectivity index (χ3v) is 5.63. The molecule has 1 N–H and O–H groups in total. The number of nitrogens with zero attached hydrogens (tertiary/aromatic N) is 4. The largest absolute Gasteiger partial charge is 0.507 e. The summed E-state index contributed by atoms with van der Waals surface area (Å²) in [5, 5.41) is 19.0. The van der Waals surface area contributed by atoms with Crippen molar-refractivity contribution in [2.45, 2.75) is 6.04 Å². The van der Waals surface area contributed by atoms with E-state index in [0.29, 0.717) is 28.4 Å². The van der Waals surface area contributed by atoms with Gasteiger partial charge in [-0.1, -0.05) is 11.3 Å². The van der Waals surface area contributed by atoms with Crippen LogP contribution in [0.25, 0.3) is 5.76 Å². The first-order valence-corrected chi connectivity index (χ1v) is 10.2. The molecule has 1 aromatic carbocycles. The van der Waals surface area contributed by atoms with Crippen molar-refractivity contribution in [3.05, 3.63) is 58.9 Å². The van der Waals surface area contributed by atoms with Crippen LogP contribution < -0.4 is 19.1 Å². The maximum Gasteiger partial charge on any atom is 0.301 e. The van der Waals surface area contributed by atoms with Crippen molar-refractivity contribution in [1.82, 2.24) is 15.2 Å². The van der Waals surface area contributed by atoms with Crippen molar-refractivity contribution < 1.29 is 28.9 Å². The number of carbonyl (C=O) groups is 2. The Morgan fingerprint density at radius 3 is 2.38 bits per heavy atom. The summed E-state index contributed by atoms with van der Waals surface area (Å²) in [6, 6.07) is 5.42. The van der Waals surface area contributed by atoms with Crippen molar-refractivity contribution in [2.75, 3.05) is 26.2 Å². The fourth-order valence-electron chi connectivity index (χ4n) is 3.53. The predicted molar refractivity (Wildman–Crippen MR) is 115 cm³/mol. The lowest BCUT2D eigenvalue weighted by atomic mass is 9.95. The van der Waals surface area contributed by atoms with Crippen LogP contribution in [0.5, 0.6) is 17.2 Å². The highest BCUT2D eigenvalue weighted by atomic mass is 32.1. The van der Waals surface area contributed by atoms with Gasteiger partial charge in [0.2, 0.25) is 10.9 Å². The van der Waals surface area contributed by atoms with E-state index in [9.17, 15) is 14.7 Å². The first-order chi connectivity index (χ1) is 15.5. The summed E-state index contributed by atoms with van der Waals surface area (Å²) < 4.78 is 16.2. The second-order valence-electron chi connectivity index (χ2n) is 6.59. The molecule has 1 amide bonds. The average Bonchev–Trinajstić information content (AvgIpc) is 3.44. The number of hydrogen-bond donors (Lipinski definition) is 1. The summed E-state index contributed by atoms with van der Waals surface area (Å²) >= 11 is 1.09. The van der Waals surface area contributed by atoms with E-state index in [1.807, 2.05) is 0 Å². The van der Waals surface area contributed by atoms with Gasteiger partial charge in [0.05, 0.1) is 32.9 Å². The Balaban J connectivity index is 2.00. The number of aliphatic hydroxyl groups is 1. The molecule has 1 atom stereocenters. The van der Waals surface area contributed by atoms with E-state index in [1.54, 1.807) is 24.3 Å². The monoisotopic (exact) mass is 454 g/mol. The molecule has 2 aromatic heterocycles. The van der Waals surface area contributed by atoms with Gasteiger partial charge in [-0.25, -0.2) is 0 Å². The maximum atomic E-state index is 13.1. The van der Waals surface area contributed by atoms with Gasteiger partial charge in [0.15, 0.2) is 11.5 Å². The number of methoxy groups -OCH3 is 3. The lowest BCUT2D eigenvalue weighted by Gasteiger charge is -2.24. The topological polar surface area (TPSA) is 124 Å². The van der Waals surface area contributed by atoms with Crippen molar-refractivity contribution in [1.29, 1.82) is 0 Å². The molecule has 3 heterocycles. The minimum atomic E-state index is -1.02. The first-order valence-electron chi connectivity index (χ1n) is 9.29. The summed E-state index contributed by atoms with van der Waals surface area (Å²) in [5.41, 5.74) is 2.06. The number of benzene rings is 1. The Labute approximate surface area is 186 Å². The highest BCUT2D eigenvalue weighted by Gasteiger charge is 2.48. The van der Waals surface area contributed by atoms with E-state index < -0.39 is 17.7 Å². The van der Waals surface area contributed by atoms with Crippen LogP contribution in [0.3, 0.4) is 0 Å². The molecule has 32 heavy (non-hydrogen) atoms. The molecule has 0 saturated carbocycles. The molecule has 0 aliphatic carbocycles. The van der Waals surface area contributed by atoms with Crippen molar-refractivity contribution in [2.24, 2.45) is 0 Å². The third-order valence-electron chi connectivity index (χ3n) is 4.94. The van der Waals surface area contributed by atoms with Gasteiger partial charge in [-0.3, -0.25) is 19.5 Å². The third kappa shape index (κ3) is 3.42. The lowest BCUT2D eigenvalue weighted by Crippen LogP contribution is -2.29. The van der Waals surface area contributed by atoms with Gasteiger partial charge in [-0.05, 0) is 29.8 Å². The van der Waals surface area contributed by atoms with E-state index in [0.717, 1.165) is 11.3 Å². The molecule has 1 fully saturated rings. The van der Waals surface area contributed by atoms with E-state index in [-0.39, 0.29) is 16.5 Å². The summed E-state index contributed by atoms with van der Waals surface area (Å²) in [5.74, 6) is -1.07. The van der Waals surface area contributed by atoms with Crippen LogP contribution in [-0.4, -0.2) is 53.3 Å². The molecular formula is C21H18N4O6S. The number of ketones is 1. The number of aliphatic hydroxyl groups excluding tert-OH is 1. The van der Waals surface area contributed by atoms with Gasteiger partial charge in [0.1, 0.15) is 11.3 Å². The number of carbonyl (C=O) groups excluding carboxylic acids is 2. The van der Waals surface area contributed by atoms with Gasteiger partial charge in [0.25, 0.3) is 5.78 Å². The van der Waals surface area contributed by atoms with E-state index in [1.165, 1.54) is 44.1 Å². The normalized spacial score (nSPS) is 17.5. The summed E-state index contributed by atoms with van der Waals surface area (Å²) in [6.07, 6.45) is 2.94. The minimum Gasteiger partial charge on any atom is -0.507 e. The lowest BCUT2D eigenvalue weighted by molar-refractivity contribution is -0.132. The molecule has 1 unspecified atom stereocenters. The number of anilines is 1. The van der Waals surface area contributed by atoms with Gasteiger partial charge in [-0.15, -0.1) is 10.2 Å². The number of Topliss-reactive ketones (excluding diaryl/α,β-unsaturated/α-hetero) is 1. The molecule has 1 aliphatic rings. The standard InChI is InChI=1S/C21H18N4O6S/c1-29-13-7-12(8-14(30-2)19(13)31-3)16-15(17(26)11-5-4-6-22-9-11)18(27)20(28)25(16)21-24-23-10-32-21/h4-10,16,26H,1-3H3/b17-15+. The summed E-state index contributed by atoms with van der Waals surface area (Å²) in [7, 11) is 4.38. The number of amides is 1. The second-order valence-corrected chi connectivity index (χ2v) is 7.40. The van der Waals surface area contributed by atoms with Crippen LogP contribution in [0.1, 0.15) is 17.2 Å². The van der Waals surface area contributed by atoms with Crippen molar-refractivity contribution in [3.8, 4) is 17.2 Å². The average molecular weight is 454 g/mol. The predicted octanol–water partition coefficient (Wildman–Crippen LogP) is 2.59. The highest BCUT2D eigenvalue weighted by Crippen LogP contribution is 2.47. The van der Waals surface area contributed by atoms with Gasteiger partial charge in [0, 0.05) is 18.0 Å². The molecular weight excluding hydrogens is 436 g/mol. The summed E-state index contributed by atoms with van der Waals surface area (Å²) in [6.45, 7) is 0. The maximum absolute atomic E-state index is 13.1. The number of aromatic nitrogens is 3. The van der Waals surface area contributed by atoms with E-state index in [4.69, 9.17) is 14.2 Å². The molecule has 0 radical (unpaired) electrons. The molecule has 10 nitrogen and oxygen atoms in total. The fourth-order valence-corrected chi connectivity index (χ4v) is 4.12. The fraction of sp³-hybridized carbons (Fsp3) is 0.190. The Kier molecular flexibility index (Phi) is 5.73. The van der Waals surface area contributed by atoms with Crippen LogP contribution >= 0.6 is 11.3 Å². The second kappa shape index (κ2) is 8.63. The zero-order chi connectivity index (χ0) is 22.8. The Hall–Kier alpha value is -3.99. The smallest absolute Gasteiger partial charge is 0.301 e. The molecule has 0 bridgehead atoms.